The van der Waals surface area contributed by atoms with Crippen molar-refractivity contribution in [2.24, 2.45) is 10.1 Å². The van der Waals surface area contributed by atoms with Crippen molar-refractivity contribution in [3.63, 3.8) is 0 Å². The molecule has 0 bridgehead atoms. The van der Waals surface area contributed by atoms with Gasteiger partial charge >= 0.3 is 0 Å². The molecule has 0 saturated carbocycles. The highest BCUT2D eigenvalue weighted by Gasteiger charge is 2.15. The van der Waals surface area contributed by atoms with Crippen LogP contribution in [0.4, 0.5) is 0 Å². The number of thiazole rings is 1. The summed E-state index contributed by atoms with van der Waals surface area (Å²) in [6, 6.07) is 26.5. The molecule has 4 rings (SSSR count). The molecule has 0 aliphatic heterocycles. The highest BCUT2D eigenvalue weighted by atomic mass is 32.1. The van der Waals surface area contributed by atoms with Crippen LogP contribution in [-0.4, -0.2) is 31.7 Å². The van der Waals surface area contributed by atoms with Gasteiger partial charge in [0.15, 0.2) is 0 Å². The summed E-state index contributed by atoms with van der Waals surface area (Å²) in [6.07, 6.45) is 3.75. The maximum atomic E-state index is 5.66. The maximum absolute atomic E-state index is 5.66. The fourth-order valence-electron chi connectivity index (χ4n) is 3.68. The SMILES string of the molecule is C=CCN=c1scc(-c2ccc(OC)cc2OC)n1N=CC(c1ccccc1)c1ccccc1. The summed E-state index contributed by atoms with van der Waals surface area (Å²) < 4.78 is 12.9. The third-order valence-electron chi connectivity index (χ3n) is 5.37. The molecule has 0 radical (unpaired) electrons. The first-order valence-corrected chi connectivity index (χ1v) is 11.8. The van der Waals surface area contributed by atoms with Crippen molar-refractivity contribution >= 4 is 17.6 Å². The van der Waals surface area contributed by atoms with Crippen LogP contribution < -0.4 is 14.3 Å². The molecule has 0 N–H and O–H groups in total. The number of hydrogen-bond acceptors (Lipinski definition) is 5. The van der Waals surface area contributed by atoms with E-state index in [4.69, 9.17) is 14.6 Å². The van der Waals surface area contributed by atoms with Gasteiger partial charge in [-0.1, -0.05) is 66.7 Å². The Bertz CT molecular complexity index is 1290. The average Bonchev–Trinajstić information content (AvgIpc) is 3.30. The summed E-state index contributed by atoms with van der Waals surface area (Å²) >= 11 is 1.53. The molecule has 0 aliphatic rings. The molecule has 1 heterocycles. The lowest BCUT2D eigenvalue weighted by Gasteiger charge is -2.14. The summed E-state index contributed by atoms with van der Waals surface area (Å²) in [5, 5.41) is 7.00. The zero-order chi connectivity index (χ0) is 23.8. The fraction of sp³-hybridized carbons (Fsp3) is 0.143. The molecule has 1 aromatic heterocycles. The third kappa shape index (κ3) is 5.18. The van der Waals surface area contributed by atoms with E-state index in [9.17, 15) is 0 Å². The second-order valence-electron chi connectivity index (χ2n) is 7.47. The van der Waals surface area contributed by atoms with Gasteiger partial charge in [-0.25, -0.2) is 4.68 Å². The summed E-state index contributed by atoms with van der Waals surface area (Å²) in [5.41, 5.74) is 4.14. The van der Waals surface area contributed by atoms with Crippen LogP contribution in [0.15, 0.2) is 107 Å². The monoisotopic (exact) mass is 469 g/mol. The molecule has 0 unspecified atom stereocenters. The van der Waals surface area contributed by atoms with Crippen LogP contribution in [0.25, 0.3) is 11.3 Å². The standard InChI is InChI=1S/C28H27N3O2S/c1-4-17-29-28-31(26(20-34-28)24-16-15-23(32-2)18-27(24)33-3)30-19-25(21-11-7-5-8-12-21)22-13-9-6-10-14-22/h4-16,18-20,25H,1,17H2,2-3H3. The molecule has 0 fully saturated rings. The van der Waals surface area contributed by atoms with Crippen LogP contribution >= 0.6 is 11.3 Å². The minimum absolute atomic E-state index is 0.00679. The number of ether oxygens (including phenoxy) is 2. The molecular formula is C28H27N3O2S. The van der Waals surface area contributed by atoms with Gasteiger partial charge in [0.05, 0.1) is 26.5 Å². The van der Waals surface area contributed by atoms with E-state index in [1.54, 1.807) is 20.3 Å². The van der Waals surface area contributed by atoms with E-state index < -0.39 is 0 Å². The van der Waals surface area contributed by atoms with Gasteiger partial charge in [0.25, 0.3) is 0 Å². The zero-order valence-corrected chi connectivity index (χ0v) is 20.1. The van der Waals surface area contributed by atoms with E-state index in [1.165, 1.54) is 22.5 Å². The van der Waals surface area contributed by atoms with Crippen molar-refractivity contribution in [3.05, 3.63) is 113 Å². The van der Waals surface area contributed by atoms with Gasteiger partial charge in [0.1, 0.15) is 11.5 Å². The van der Waals surface area contributed by atoms with Crippen molar-refractivity contribution in [3.8, 4) is 22.8 Å². The Morgan fingerprint density at radius 1 is 0.941 bits per heavy atom. The van der Waals surface area contributed by atoms with Gasteiger partial charge in [-0.2, -0.15) is 5.10 Å². The molecule has 4 aromatic rings. The van der Waals surface area contributed by atoms with Gasteiger partial charge in [-0.05, 0) is 23.3 Å². The topological polar surface area (TPSA) is 48.1 Å². The van der Waals surface area contributed by atoms with Crippen LogP contribution in [0.2, 0.25) is 0 Å². The van der Waals surface area contributed by atoms with E-state index in [2.05, 4.69) is 60.1 Å². The number of aromatic nitrogens is 1. The molecule has 0 spiro atoms. The predicted molar refractivity (Wildman–Crippen MR) is 140 cm³/mol. The van der Waals surface area contributed by atoms with Gasteiger partial charge in [0.2, 0.25) is 4.80 Å². The van der Waals surface area contributed by atoms with E-state index >= 15 is 0 Å². The number of nitrogens with zero attached hydrogens (tertiary/aromatic N) is 3. The summed E-state index contributed by atoms with van der Waals surface area (Å²) in [4.78, 5) is 5.45. The number of methoxy groups -OCH3 is 2. The first kappa shape index (κ1) is 23.3. The van der Waals surface area contributed by atoms with E-state index in [0.29, 0.717) is 12.3 Å². The lowest BCUT2D eigenvalue weighted by Crippen LogP contribution is -2.14. The molecule has 0 aliphatic carbocycles. The molecular weight excluding hydrogens is 442 g/mol. The van der Waals surface area contributed by atoms with Crippen LogP contribution in [0.3, 0.4) is 0 Å². The summed E-state index contributed by atoms with van der Waals surface area (Å²) in [6.45, 7) is 4.31. The van der Waals surface area contributed by atoms with Crippen molar-refractivity contribution in [2.45, 2.75) is 5.92 Å². The van der Waals surface area contributed by atoms with Gasteiger partial charge < -0.3 is 9.47 Å². The second-order valence-corrected chi connectivity index (χ2v) is 8.31. The molecule has 6 heteroatoms. The van der Waals surface area contributed by atoms with E-state index in [-0.39, 0.29) is 5.92 Å². The number of rotatable bonds is 9. The molecule has 34 heavy (non-hydrogen) atoms. The lowest BCUT2D eigenvalue weighted by atomic mass is 9.92. The fourth-order valence-corrected chi connectivity index (χ4v) is 4.51. The predicted octanol–water partition coefficient (Wildman–Crippen LogP) is 5.99. The number of hydrogen-bond donors (Lipinski definition) is 0. The third-order valence-corrected chi connectivity index (χ3v) is 6.23. The summed E-state index contributed by atoms with van der Waals surface area (Å²) in [5.74, 6) is 1.43. The van der Waals surface area contributed by atoms with Gasteiger partial charge in [0, 0.05) is 29.1 Å². The Morgan fingerprint density at radius 3 is 2.21 bits per heavy atom. The molecule has 5 nitrogen and oxygen atoms in total. The van der Waals surface area contributed by atoms with E-state index in [1.807, 2.05) is 46.6 Å². The highest BCUT2D eigenvalue weighted by Crippen LogP contribution is 2.33. The molecule has 172 valence electrons. The first-order chi connectivity index (χ1) is 16.7. The lowest BCUT2D eigenvalue weighted by molar-refractivity contribution is 0.395. The Labute approximate surface area is 204 Å². The first-order valence-electron chi connectivity index (χ1n) is 10.9. The van der Waals surface area contributed by atoms with Crippen molar-refractivity contribution in [2.75, 3.05) is 20.8 Å². The molecule has 3 aromatic carbocycles. The van der Waals surface area contributed by atoms with Crippen molar-refractivity contribution in [1.29, 1.82) is 0 Å². The zero-order valence-electron chi connectivity index (χ0n) is 19.3. The number of benzene rings is 3. The normalized spacial score (nSPS) is 11.8. The Morgan fingerprint density at radius 2 is 1.62 bits per heavy atom. The van der Waals surface area contributed by atoms with Crippen LogP contribution in [0.1, 0.15) is 17.0 Å². The van der Waals surface area contributed by atoms with E-state index in [0.717, 1.165) is 21.8 Å². The minimum Gasteiger partial charge on any atom is -0.497 e. The Kier molecular flexibility index (Phi) is 7.73. The quantitative estimate of drug-likeness (QED) is 0.223. The Hall–Kier alpha value is -3.90. The molecule has 0 amide bonds. The van der Waals surface area contributed by atoms with Crippen LogP contribution in [0.5, 0.6) is 11.5 Å². The molecule has 0 saturated heterocycles. The van der Waals surface area contributed by atoms with Crippen molar-refractivity contribution < 1.29 is 9.47 Å². The van der Waals surface area contributed by atoms with Crippen molar-refractivity contribution in [1.82, 2.24) is 4.68 Å². The Balaban J connectivity index is 1.84. The van der Waals surface area contributed by atoms with Gasteiger partial charge in [-0.15, -0.1) is 17.9 Å². The van der Waals surface area contributed by atoms with Crippen LogP contribution in [-0.2, 0) is 0 Å². The summed E-state index contributed by atoms with van der Waals surface area (Å²) in [7, 11) is 3.30. The molecule has 0 atom stereocenters. The van der Waals surface area contributed by atoms with Gasteiger partial charge in [-0.3, -0.25) is 4.99 Å². The maximum Gasteiger partial charge on any atom is 0.206 e. The largest absolute Gasteiger partial charge is 0.497 e. The highest BCUT2D eigenvalue weighted by molar-refractivity contribution is 7.07. The second kappa shape index (κ2) is 11.3. The minimum atomic E-state index is -0.00679. The average molecular weight is 470 g/mol. The smallest absolute Gasteiger partial charge is 0.206 e. The van der Waals surface area contributed by atoms with Crippen LogP contribution in [0, 0.1) is 0 Å².